The Hall–Kier alpha value is -0.960. The van der Waals surface area contributed by atoms with E-state index in [1.807, 2.05) is 0 Å². The molecule has 2 rings (SSSR count). The molecule has 0 heterocycles. The van der Waals surface area contributed by atoms with Gasteiger partial charge in [0.2, 0.25) is 0 Å². The van der Waals surface area contributed by atoms with E-state index < -0.39 is 11.4 Å². The van der Waals surface area contributed by atoms with Gasteiger partial charge in [0.1, 0.15) is 11.6 Å². The molecule has 0 aliphatic heterocycles. The first-order valence-corrected chi connectivity index (χ1v) is 7.45. The summed E-state index contributed by atoms with van der Waals surface area (Å²) in [4.78, 5) is 0. The lowest BCUT2D eigenvalue weighted by Crippen LogP contribution is -2.55. The van der Waals surface area contributed by atoms with Crippen molar-refractivity contribution in [2.75, 3.05) is 0 Å². The van der Waals surface area contributed by atoms with Crippen LogP contribution < -0.4 is 5.73 Å². The number of hydrogen-bond donors (Lipinski definition) is 1. The van der Waals surface area contributed by atoms with Crippen LogP contribution in [0.25, 0.3) is 0 Å². The molecule has 2 unspecified atom stereocenters. The van der Waals surface area contributed by atoms with Crippen LogP contribution in [0.3, 0.4) is 0 Å². The van der Waals surface area contributed by atoms with Gasteiger partial charge in [0.05, 0.1) is 0 Å². The molecule has 1 aliphatic carbocycles. The van der Waals surface area contributed by atoms with E-state index in [-0.39, 0.29) is 11.2 Å². The van der Waals surface area contributed by atoms with Gasteiger partial charge < -0.3 is 5.73 Å². The molecule has 2 atom stereocenters. The lowest BCUT2D eigenvalue weighted by molar-refractivity contribution is 0.0786. The molecule has 3 heteroatoms. The summed E-state index contributed by atoms with van der Waals surface area (Å²) >= 11 is 0. The maximum Gasteiger partial charge on any atom is 0.126 e. The molecule has 0 radical (unpaired) electrons. The Morgan fingerprint density at radius 1 is 1.25 bits per heavy atom. The van der Waals surface area contributed by atoms with E-state index in [9.17, 15) is 8.78 Å². The minimum atomic E-state index is -0.439. The monoisotopic (exact) mass is 281 g/mol. The van der Waals surface area contributed by atoms with E-state index in [0.717, 1.165) is 25.3 Å². The Balaban J connectivity index is 2.30. The van der Waals surface area contributed by atoms with Crippen molar-refractivity contribution in [2.24, 2.45) is 17.1 Å². The summed E-state index contributed by atoms with van der Waals surface area (Å²) in [7, 11) is 0. The maximum absolute atomic E-state index is 13.9. The van der Waals surface area contributed by atoms with Crippen LogP contribution in [0.4, 0.5) is 8.78 Å². The average molecular weight is 281 g/mol. The van der Waals surface area contributed by atoms with Gasteiger partial charge in [-0.1, -0.05) is 33.6 Å². The minimum Gasteiger partial charge on any atom is -0.325 e. The van der Waals surface area contributed by atoms with Crippen LogP contribution in [0.2, 0.25) is 0 Å². The van der Waals surface area contributed by atoms with E-state index >= 15 is 0 Å². The normalized spacial score (nSPS) is 27.6. The second kappa shape index (κ2) is 5.44. The van der Waals surface area contributed by atoms with Crippen molar-refractivity contribution in [1.82, 2.24) is 0 Å². The largest absolute Gasteiger partial charge is 0.325 e. The molecule has 112 valence electrons. The number of nitrogens with two attached hydrogens (primary N) is 1. The predicted octanol–water partition coefficient (Wildman–Crippen LogP) is 4.44. The maximum atomic E-state index is 13.9. The molecule has 0 amide bonds. The third kappa shape index (κ3) is 3.20. The van der Waals surface area contributed by atoms with Crippen molar-refractivity contribution in [3.05, 3.63) is 35.4 Å². The molecular formula is C17H25F2N. The predicted molar refractivity (Wildman–Crippen MR) is 78.4 cm³/mol. The van der Waals surface area contributed by atoms with Crippen LogP contribution in [0.5, 0.6) is 0 Å². The lowest BCUT2D eigenvalue weighted by Gasteiger charge is -2.48. The Morgan fingerprint density at radius 2 is 1.95 bits per heavy atom. The molecule has 0 saturated heterocycles. The Labute approximate surface area is 120 Å². The second-order valence-electron chi connectivity index (χ2n) is 7.31. The number of benzene rings is 1. The van der Waals surface area contributed by atoms with Gasteiger partial charge in [0.25, 0.3) is 0 Å². The first-order chi connectivity index (χ1) is 9.22. The number of hydrogen-bond acceptors (Lipinski definition) is 1. The first-order valence-electron chi connectivity index (χ1n) is 7.45. The number of rotatable bonds is 2. The van der Waals surface area contributed by atoms with E-state index in [2.05, 4.69) is 20.8 Å². The van der Waals surface area contributed by atoms with Crippen LogP contribution in [0, 0.1) is 23.0 Å². The third-order valence-electron chi connectivity index (χ3n) is 4.65. The van der Waals surface area contributed by atoms with Crippen LogP contribution in [-0.2, 0) is 6.42 Å². The zero-order valence-electron chi connectivity index (χ0n) is 12.7. The fraction of sp³-hybridized carbons (Fsp3) is 0.647. The van der Waals surface area contributed by atoms with E-state index in [4.69, 9.17) is 5.73 Å². The summed E-state index contributed by atoms with van der Waals surface area (Å²) in [5.41, 5.74) is 6.70. The highest BCUT2D eigenvalue weighted by molar-refractivity contribution is 5.22. The summed E-state index contributed by atoms with van der Waals surface area (Å²) in [5, 5.41) is 0. The smallest absolute Gasteiger partial charge is 0.126 e. The Kier molecular flexibility index (Phi) is 4.19. The van der Waals surface area contributed by atoms with Crippen molar-refractivity contribution in [3.63, 3.8) is 0 Å². The zero-order chi connectivity index (χ0) is 15.0. The minimum absolute atomic E-state index is 0.0823. The van der Waals surface area contributed by atoms with E-state index in [1.54, 1.807) is 0 Å². The SMILES string of the molecule is CC(C)(C)C1CCCCC1(N)Cc1cc(F)ccc1F. The van der Waals surface area contributed by atoms with E-state index in [1.165, 1.54) is 18.6 Å². The highest BCUT2D eigenvalue weighted by Crippen LogP contribution is 2.44. The quantitative estimate of drug-likeness (QED) is 0.852. The third-order valence-corrected chi connectivity index (χ3v) is 4.65. The molecule has 1 aliphatic rings. The number of halogens is 2. The lowest BCUT2D eigenvalue weighted by atomic mass is 9.61. The van der Waals surface area contributed by atoms with Crippen molar-refractivity contribution in [2.45, 2.75) is 58.4 Å². The molecule has 1 nitrogen and oxygen atoms in total. The Morgan fingerprint density at radius 3 is 2.60 bits per heavy atom. The van der Waals surface area contributed by atoms with Crippen molar-refractivity contribution < 1.29 is 8.78 Å². The van der Waals surface area contributed by atoms with Gasteiger partial charge in [-0.05, 0) is 54.4 Å². The van der Waals surface area contributed by atoms with Gasteiger partial charge in [-0.3, -0.25) is 0 Å². The van der Waals surface area contributed by atoms with Gasteiger partial charge in [-0.25, -0.2) is 8.78 Å². The topological polar surface area (TPSA) is 26.0 Å². The molecule has 1 aromatic carbocycles. The van der Waals surface area contributed by atoms with Crippen molar-refractivity contribution in [1.29, 1.82) is 0 Å². The Bertz CT molecular complexity index is 478. The fourth-order valence-corrected chi connectivity index (χ4v) is 3.80. The summed E-state index contributed by atoms with van der Waals surface area (Å²) < 4.78 is 27.2. The summed E-state index contributed by atoms with van der Waals surface area (Å²) in [6, 6.07) is 3.64. The fourth-order valence-electron chi connectivity index (χ4n) is 3.80. The molecule has 2 N–H and O–H groups in total. The highest BCUT2D eigenvalue weighted by atomic mass is 19.1. The molecule has 1 saturated carbocycles. The molecular weight excluding hydrogens is 256 g/mol. The molecule has 20 heavy (non-hydrogen) atoms. The highest BCUT2D eigenvalue weighted by Gasteiger charge is 2.43. The van der Waals surface area contributed by atoms with Crippen molar-refractivity contribution in [3.8, 4) is 0 Å². The van der Waals surface area contributed by atoms with Gasteiger partial charge in [0.15, 0.2) is 0 Å². The van der Waals surface area contributed by atoms with Gasteiger partial charge in [-0.15, -0.1) is 0 Å². The summed E-state index contributed by atoms with van der Waals surface area (Å²) in [6.45, 7) is 6.56. The average Bonchev–Trinajstić information content (AvgIpc) is 2.32. The summed E-state index contributed by atoms with van der Waals surface area (Å²) in [6.07, 6.45) is 4.60. The molecule has 0 aromatic heterocycles. The van der Waals surface area contributed by atoms with Crippen LogP contribution in [0.15, 0.2) is 18.2 Å². The van der Waals surface area contributed by atoms with Crippen molar-refractivity contribution >= 4 is 0 Å². The summed E-state index contributed by atoms with van der Waals surface area (Å²) in [5.74, 6) is -0.422. The van der Waals surface area contributed by atoms with Gasteiger partial charge >= 0.3 is 0 Å². The van der Waals surface area contributed by atoms with Crippen LogP contribution in [0.1, 0.15) is 52.0 Å². The second-order valence-corrected chi connectivity index (χ2v) is 7.31. The first kappa shape index (κ1) is 15.4. The van der Waals surface area contributed by atoms with Crippen LogP contribution >= 0.6 is 0 Å². The molecule has 1 aromatic rings. The van der Waals surface area contributed by atoms with Gasteiger partial charge in [0, 0.05) is 5.54 Å². The molecule has 0 spiro atoms. The molecule has 1 fully saturated rings. The standard InChI is InChI=1S/C17H25F2N/c1-16(2,3)15-6-4-5-9-17(15,20)11-12-10-13(18)7-8-14(12)19/h7-8,10,15H,4-6,9,11,20H2,1-3H3. The van der Waals surface area contributed by atoms with Gasteiger partial charge in [-0.2, -0.15) is 0 Å². The van der Waals surface area contributed by atoms with Crippen LogP contribution in [-0.4, -0.2) is 5.54 Å². The van der Waals surface area contributed by atoms with E-state index in [0.29, 0.717) is 17.9 Å². The molecule has 0 bridgehead atoms. The zero-order valence-corrected chi connectivity index (χ0v) is 12.7.